The predicted octanol–water partition coefficient (Wildman–Crippen LogP) is 10.8. The van der Waals surface area contributed by atoms with Gasteiger partial charge in [-0.3, -0.25) is 0 Å². The van der Waals surface area contributed by atoms with Crippen LogP contribution in [0, 0.1) is 48.5 Å². The van der Waals surface area contributed by atoms with Gasteiger partial charge < -0.3 is 14.2 Å². The van der Waals surface area contributed by atoms with E-state index in [4.69, 9.17) is 14.2 Å². The third-order valence-electron chi connectivity index (χ3n) is 7.86. The summed E-state index contributed by atoms with van der Waals surface area (Å²) in [5, 5.41) is 0. The Balaban J connectivity index is 1.34. The second-order valence-corrected chi connectivity index (χ2v) is 11.1. The molecule has 208 valence electrons. The van der Waals surface area contributed by atoms with Crippen LogP contribution in [-0.4, -0.2) is 0 Å². The molecule has 0 radical (unpaired) electrons. The molecule has 0 saturated heterocycles. The van der Waals surface area contributed by atoms with Crippen molar-refractivity contribution in [3.63, 3.8) is 0 Å². The van der Waals surface area contributed by atoms with Gasteiger partial charge in [-0.15, -0.1) is 0 Å². The smallest absolute Gasteiger partial charge is 0.131 e. The topological polar surface area (TPSA) is 27.7 Å². The van der Waals surface area contributed by atoms with E-state index in [2.05, 4.69) is 97.0 Å². The van der Waals surface area contributed by atoms with Crippen LogP contribution in [0.4, 0.5) is 0 Å². The molecule has 5 aromatic carbocycles. The molecule has 0 amide bonds. The van der Waals surface area contributed by atoms with Gasteiger partial charge in [0.1, 0.15) is 34.5 Å². The van der Waals surface area contributed by atoms with Crippen LogP contribution in [0.5, 0.6) is 34.5 Å². The number of rotatable bonds is 8. The van der Waals surface area contributed by atoms with Crippen molar-refractivity contribution in [3.8, 4) is 34.5 Å². The summed E-state index contributed by atoms with van der Waals surface area (Å²) >= 11 is 0. The molecule has 41 heavy (non-hydrogen) atoms. The normalized spacial score (nSPS) is 10.9. The molecule has 0 aliphatic rings. The van der Waals surface area contributed by atoms with Gasteiger partial charge in [0.25, 0.3) is 0 Å². The molecule has 0 aliphatic carbocycles. The highest BCUT2D eigenvalue weighted by Crippen LogP contribution is 2.33. The summed E-state index contributed by atoms with van der Waals surface area (Å²) < 4.78 is 18.7. The fraction of sp³-hybridized carbons (Fsp3) is 0.211. The van der Waals surface area contributed by atoms with Gasteiger partial charge in [-0.2, -0.15) is 0 Å². The van der Waals surface area contributed by atoms with E-state index in [1.54, 1.807) is 0 Å². The molecule has 0 saturated carbocycles. The van der Waals surface area contributed by atoms with E-state index >= 15 is 0 Å². The summed E-state index contributed by atoms with van der Waals surface area (Å²) in [6.07, 6.45) is 0.743. The lowest BCUT2D eigenvalue weighted by molar-refractivity contribution is 0.468. The van der Waals surface area contributed by atoms with Gasteiger partial charge >= 0.3 is 0 Å². The van der Waals surface area contributed by atoms with E-state index in [1.807, 2.05) is 42.5 Å². The van der Waals surface area contributed by atoms with Gasteiger partial charge in [0.15, 0.2) is 0 Å². The highest BCUT2D eigenvalue weighted by atomic mass is 16.5. The molecule has 3 heteroatoms. The lowest BCUT2D eigenvalue weighted by Crippen LogP contribution is -1.99. The third-order valence-corrected chi connectivity index (χ3v) is 7.86. The van der Waals surface area contributed by atoms with Crippen molar-refractivity contribution in [2.45, 2.75) is 54.9 Å². The maximum Gasteiger partial charge on any atom is 0.131 e. The number of ether oxygens (including phenoxy) is 3. The Bertz CT molecular complexity index is 1700. The van der Waals surface area contributed by atoms with Gasteiger partial charge in [0, 0.05) is 6.42 Å². The fourth-order valence-electron chi connectivity index (χ4n) is 4.72. The number of hydrogen-bond acceptors (Lipinski definition) is 3. The molecular weight excluding hydrogens is 504 g/mol. The first-order valence-corrected chi connectivity index (χ1v) is 14.1. The first-order chi connectivity index (χ1) is 19.6. The first-order valence-electron chi connectivity index (χ1n) is 14.1. The van der Waals surface area contributed by atoms with Crippen molar-refractivity contribution < 1.29 is 14.2 Å². The highest BCUT2D eigenvalue weighted by molar-refractivity contribution is 5.49. The molecule has 0 spiro atoms. The minimum Gasteiger partial charge on any atom is -0.457 e. The summed E-state index contributed by atoms with van der Waals surface area (Å²) in [5.74, 6) is 4.91. The van der Waals surface area contributed by atoms with Gasteiger partial charge in [-0.25, -0.2) is 0 Å². The second kappa shape index (κ2) is 11.9. The molecule has 5 aromatic rings. The van der Waals surface area contributed by atoms with Crippen LogP contribution in [0.15, 0.2) is 91.0 Å². The average molecular weight is 543 g/mol. The van der Waals surface area contributed by atoms with E-state index in [-0.39, 0.29) is 0 Å². The lowest BCUT2D eigenvalue weighted by atomic mass is 9.96. The lowest BCUT2D eigenvalue weighted by Gasteiger charge is -2.17. The number of benzene rings is 5. The summed E-state index contributed by atoms with van der Waals surface area (Å²) in [7, 11) is 0. The van der Waals surface area contributed by atoms with E-state index < -0.39 is 0 Å². The van der Waals surface area contributed by atoms with Crippen molar-refractivity contribution in [1.82, 2.24) is 0 Å². The van der Waals surface area contributed by atoms with Crippen LogP contribution < -0.4 is 14.2 Å². The minimum absolute atomic E-state index is 0.743. The Hall–Kier alpha value is -4.50. The molecule has 3 nitrogen and oxygen atoms in total. The monoisotopic (exact) mass is 542 g/mol. The van der Waals surface area contributed by atoms with Crippen molar-refractivity contribution in [2.24, 2.45) is 0 Å². The number of hydrogen-bond donors (Lipinski definition) is 0. The Morgan fingerprint density at radius 3 is 1.29 bits per heavy atom. The maximum atomic E-state index is 6.44. The molecule has 0 aromatic heterocycles. The van der Waals surface area contributed by atoms with Crippen molar-refractivity contribution in [1.29, 1.82) is 0 Å². The van der Waals surface area contributed by atoms with Crippen LogP contribution in [0.1, 0.15) is 50.1 Å². The Morgan fingerprint density at radius 2 is 0.756 bits per heavy atom. The second-order valence-electron chi connectivity index (χ2n) is 11.1. The quantitative estimate of drug-likeness (QED) is 0.195. The van der Waals surface area contributed by atoms with Gasteiger partial charge in [0.05, 0.1) is 0 Å². The molecule has 0 heterocycles. The Labute approximate surface area is 244 Å². The van der Waals surface area contributed by atoms with Gasteiger partial charge in [-0.05, 0) is 165 Å². The average Bonchev–Trinajstić information content (AvgIpc) is 2.94. The minimum atomic E-state index is 0.743. The van der Waals surface area contributed by atoms with E-state index in [9.17, 15) is 0 Å². The van der Waals surface area contributed by atoms with Gasteiger partial charge in [-0.1, -0.05) is 24.3 Å². The zero-order chi connectivity index (χ0) is 29.1. The summed E-state index contributed by atoms with van der Waals surface area (Å²) in [6, 6.07) is 30.8. The Morgan fingerprint density at radius 1 is 0.341 bits per heavy atom. The summed E-state index contributed by atoms with van der Waals surface area (Å²) in [4.78, 5) is 0. The molecule has 0 unspecified atom stereocenters. The largest absolute Gasteiger partial charge is 0.457 e. The Kier molecular flexibility index (Phi) is 8.16. The molecule has 0 aliphatic heterocycles. The van der Waals surface area contributed by atoms with E-state index in [0.29, 0.717) is 0 Å². The molecule has 5 rings (SSSR count). The van der Waals surface area contributed by atoms with Crippen LogP contribution in [0.2, 0.25) is 0 Å². The van der Waals surface area contributed by atoms with Crippen LogP contribution in [-0.2, 0) is 6.42 Å². The SMILES string of the molecule is Cc1ccc(Oc2ccc(Oc3ccc(C)c(Cc4cc(C)c(C)cc4Oc4ccc(C)c(C)c4)c3)cc2)cc1C. The zero-order valence-electron chi connectivity index (χ0n) is 25.1. The molecule has 0 fully saturated rings. The van der Waals surface area contributed by atoms with E-state index in [1.165, 1.54) is 44.5 Å². The van der Waals surface area contributed by atoms with Gasteiger partial charge in [0.2, 0.25) is 0 Å². The van der Waals surface area contributed by atoms with Crippen LogP contribution in [0.3, 0.4) is 0 Å². The fourth-order valence-corrected chi connectivity index (χ4v) is 4.72. The zero-order valence-corrected chi connectivity index (χ0v) is 25.1. The van der Waals surface area contributed by atoms with Crippen LogP contribution in [0.25, 0.3) is 0 Å². The number of aryl methyl sites for hydroxylation is 7. The standard InChI is InChI=1S/C38H38O3/c1-24-8-11-35(19-28(24)5)39-33-14-16-34(17-15-33)40-37-13-10-26(3)31(23-37)22-32-18-27(4)30(7)21-38(32)41-36-12-9-25(2)29(6)20-36/h8-21,23H,22H2,1-7H3. The molecular formula is C38H38O3. The maximum absolute atomic E-state index is 6.44. The summed E-state index contributed by atoms with van der Waals surface area (Å²) in [6.45, 7) is 14.8. The van der Waals surface area contributed by atoms with E-state index in [0.717, 1.165) is 46.5 Å². The van der Waals surface area contributed by atoms with Crippen molar-refractivity contribution in [3.05, 3.63) is 141 Å². The van der Waals surface area contributed by atoms with Crippen molar-refractivity contribution in [2.75, 3.05) is 0 Å². The highest BCUT2D eigenvalue weighted by Gasteiger charge is 2.12. The van der Waals surface area contributed by atoms with Crippen molar-refractivity contribution >= 4 is 0 Å². The molecule has 0 atom stereocenters. The summed E-state index contributed by atoms with van der Waals surface area (Å²) in [5.41, 5.74) is 11.0. The first kappa shape index (κ1) is 28.0. The molecule has 0 bridgehead atoms. The molecule has 0 N–H and O–H groups in total. The van der Waals surface area contributed by atoms with Crippen LogP contribution >= 0.6 is 0 Å². The predicted molar refractivity (Wildman–Crippen MR) is 168 cm³/mol. The third kappa shape index (κ3) is 6.81.